The maximum Gasteiger partial charge on any atom is 0.0699 e. The van der Waals surface area contributed by atoms with Crippen LogP contribution in [0.4, 0.5) is 5.69 Å². The Hall–Kier alpha value is -1.83. The average Bonchev–Trinajstić information content (AvgIpc) is 2.88. The Morgan fingerprint density at radius 2 is 1.58 bits per heavy atom. The van der Waals surface area contributed by atoms with Gasteiger partial charge in [0, 0.05) is 6.20 Å². The summed E-state index contributed by atoms with van der Waals surface area (Å²) in [5, 5.41) is 0. The van der Waals surface area contributed by atoms with E-state index in [1.54, 1.807) is 0 Å². The van der Waals surface area contributed by atoms with Gasteiger partial charge in [-0.05, 0) is 35.1 Å². The number of para-hydroxylation sites is 1. The molecule has 19 heavy (non-hydrogen) atoms. The van der Waals surface area contributed by atoms with E-state index in [9.17, 15) is 0 Å². The van der Waals surface area contributed by atoms with E-state index in [0.29, 0.717) is 11.8 Å². The van der Waals surface area contributed by atoms with Crippen molar-refractivity contribution in [1.29, 1.82) is 0 Å². The van der Waals surface area contributed by atoms with Crippen molar-refractivity contribution < 1.29 is 0 Å². The van der Waals surface area contributed by atoms with Gasteiger partial charge in [0.25, 0.3) is 0 Å². The standard InChI is InChI=1S/C17H22N2/c1-12(2)15-8-5-9-16(13(3)4)17(15)19-11-14-7-6-10-18-14/h5-13,18H,1-4H3/b19-11+. The molecule has 2 rings (SSSR count). The van der Waals surface area contributed by atoms with Gasteiger partial charge in [-0.15, -0.1) is 0 Å². The lowest BCUT2D eigenvalue weighted by Crippen LogP contribution is -1.95. The minimum atomic E-state index is 0.481. The highest BCUT2D eigenvalue weighted by Crippen LogP contribution is 2.34. The summed E-state index contributed by atoms with van der Waals surface area (Å²) in [5.41, 5.74) is 4.79. The van der Waals surface area contributed by atoms with Crippen LogP contribution in [0.2, 0.25) is 0 Å². The molecular weight excluding hydrogens is 232 g/mol. The molecule has 2 heteroatoms. The van der Waals surface area contributed by atoms with Crippen molar-refractivity contribution in [2.45, 2.75) is 39.5 Å². The predicted molar refractivity (Wildman–Crippen MR) is 82.7 cm³/mol. The number of rotatable bonds is 4. The monoisotopic (exact) mass is 254 g/mol. The highest BCUT2D eigenvalue weighted by Gasteiger charge is 2.12. The van der Waals surface area contributed by atoms with E-state index < -0.39 is 0 Å². The van der Waals surface area contributed by atoms with E-state index in [-0.39, 0.29) is 0 Å². The smallest absolute Gasteiger partial charge is 0.0699 e. The maximum absolute atomic E-state index is 4.73. The Morgan fingerprint density at radius 1 is 0.947 bits per heavy atom. The molecule has 0 bridgehead atoms. The molecule has 0 fully saturated rings. The Morgan fingerprint density at radius 3 is 2.05 bits per heavy atom. The number of benzene rings is 1. The van der Waals surface area contributed by atoms with Crippen molar-refractivity contribution in [3.8, 4) is 0 Å². The second-order valence-corrected chi connectivity index (χ2v) is 5.48. The van der Waals surface area contributed by atoms with Crippen LogP contribution in [-0.2, 0) is 0 Å². The zero-order valence-corrected chi connectivity index (χ0v) is 12.1. The SMILES string of the molecule is CC(C)c1cccc(C(C)C)c1/N=C/c1ccc[nH]1. The molecule has 1 heterocycles. The molecule has 0 spiro atoms. The Bertz CT molecular complexity index is 522. The Kier molecular flexibility index (Phi) is 4.20. The van der Waals surface area contributed by atoms with E-state index in [4.69, 9.17) is 4.99 Å². The number of H-pyrrole nitrogens is 1. The summed E-state index contributed by atoms with van der Waals surface area (Å²) >= 11 is 0. The minimum Gasteiger partial charge on any atom is -0.360 e. The van der Waals surface area contributed by atoms with Crippen LogP contribution in [0, 0.1) is 0 Å². The van der Waals surface area contributed by atoms with Gasteiger partial charge in [-0.3, -0.25) is 4.99 Å². The third kappa shape index (κ3) is 3.14. The minimum absolute atomic E-state index is 0.481. The van der Waals surface area contributed by atoms with Crippen LogP contribution in [0.15, 0.2) is 41.5 Å². The molecule has 0 aliphatic rings. The van der Waals surface area contributed by atoms with Crippen LogP contribution >= 0.6 is 0 Å². The summed E-state index contributed by atoms with van der Waals surface area (Å²) in [5.74, 6) is 0.962. The summed E-state index contributed by atoms with van der Waals surface area (Å²) < 4.78 is 0. The molecule has 0 saturated heterocycles. The van der Waals surface area contributed by atoms with Gasteiger partial charge < -0.3 is 4.98 Å². The van der Waals surface area contributed by atoms with Crippen molar-refractivity contribution in [3.63, 3.8) is 0 Å². The van der Waals surface area contributed by atoms with E-state index in [1.165, 1.54) is 11.1 Å². The summed E-state index contributed by atoms with van der Waals surface area (Å²) in [6.07, 6.45) is 3.83. The van der Waals surface area contributed by atoms with Crippen LogP contribution in [-0.4, -0.2) is 11.2 Å². The zero-order valence-electron chi connectivity index (χ0n) is 12.1. The second kappa shape index (κ2) is 5.87. The number of hydrogen-bond donors (Lipinski definition) is 1. The lowest BCUT2D eigenvalue weighted by atomic mass is 9.93. The summed E-state index contributed by atoms with van der Waals surface area (Å²) in [6.45, 7) is 8.86. The van der Waals surface area contributed by atoms with Gasteiger partial charge in [-0.2, -0.15) is 0 Å². The fourth-order valence-corrected chi connectivity index (χ4v) is 2.22. The van der Waals surface area contributed by atoms with E-state index >= 15 is 0 Å². The molecule has 1 aromatic carbocycles. The van der Waals surface area contributed by atoms with E-state index in [1.807, 2.05) is 24.5 Å². The number of aliphatic imine (C=N–C) groups is 1. The molecule has 0 atom stereocenters. The zero-order chi connectivity index (χ0) is 13.8. The van der Waals surface area contributed by atoms with Crippen LogP contribution in [0.25, 0.3) is 0 Å². The number of nitrogens with zero attached hydrogens (tertiary/aromatic N) is 1. The fraction of sp³-hybridized carbons (Fsp3) is 0.353. The van der Waals surface area contributed by atoms with Gasteiger partial charge in [-0.25, -0.2) is 0 Å². The van der Waals surface area contributed by atoms with Crippen LogP contribution in [0.3, 0.4) is 0 Å². The highest BCUT2D eigenvalue weighted by atomic mass is 14.8. The van der Waals surface area contributed by atoms with Crippen molar-refractivity contribution >= 4 is 11.9 Å². The third-order valence-corrected chi connectivity index (χ3v) is 3.30. The molecule has 0 radical (unpaired) electrons. The van der Waals surface area contributed by atoms with E-state index in [0.717, 1.165) is 11.4 Å². The molecule has 0 aliphatic carbocycles. The average molecular weight is 254 g/mol. The van der Waals surface area contributed by atoms with Crippen molar-refractivity contribution in [2.75, 3.05) is 0 Å². The number of aromatic amines is 1. The highest BCUT2D eigenvalue weighted by molar-refractivity contribution is 5.80. The first-order valence-electron chi connectivity index (χ1n) is 6.90. The Labute approximate surface area is 115 Å². The number of nitrogens with one attached hydrogen (secondary N) is 1. The first kappa shape index (κ1) is 13.6. The third-order valence-electron chi connectivity index (χ3n) is 3.30. The van der Waals surface area contributed by atoms with Crippen LogP contribution < -0.4 is 0 Å². The fourth-order valence-electron chi connectivity index (χ4n) is 2.22. The summed E-state index contributed by atoms with van der Waals surface area (Å²) in [4.78, 5) is 7.89. The lowest BCUT2D eigenvalue weighted by Gasteiger charge is -2.16. The molecule has 2 aromatic rings. The molecule has 100 valence electrons. The first-order chi connectivity index (χ1) is 9.09. The van der Waals surface area contributed by atoms with Crippen molar-refractivity contribution in [2.24, 2.45) is 4.99 Å². The Balaban J connectivity index is 2.46. The van der Waals surface area contributed by atoms with Gasteiger partial charge in [0.2, 0.25) is 0 Å². The molecule has 0 unspecified atom stereocenters. The van der Waals surface area contributed by atoms with Crippen LogP contribution in [0.5, 0.6) is 0 Å². The summed E-state index contributed by atoms with van der Waals surface area (Å²) in [7, 11) is 0. The molecule has 0 aliphatic heterocycles. The van der Waals surface area contributed by atoms with Crippen molar-refractivity contribution in [3.05, 3.63) is 53.3 Å². The normalized spacial score (nSPS) is 11.9. The predicted octanol–water partition coefficient (Wildman–Crippen LogP) is 5.01. The van der Waals surface area contributed by atoms with E-state index in [2.05, 4.69) is 50.9 Å². The summed E-state index contributed by atoms with van der Waals surface area (Å²) in [6, 6.07) is 10.5. The maximum atomic E-state index is 4.73. The molecule has 2 nitrogen and oxygen atoms in total. The van der Waals surface area contributed by atoms with Gasteiger partial charge in [0.15, 0.2) is 0 Å². The first-order valence-corrected chi connectivity index (χ1v) is 6.90. The van der Waals surface area contributed by atoms with Crippen molar-refractivity contribution in [1.82, 2.24) is 4.98 Å². The van der Waals surface area contributed by atoms with Gasteiger partial charge in [0.05, 0.1) is 17.6 Å². The van der Waals surface area contributed by atoms with Gasteiger partial charge in [-0.1, -0.05) is 45.9 Å². The largest absolute Gasteiger partial charge is 0.360 e. The molecular formula is C17H22N2. The van der Waals surface area contributed by atoms with Gasteiger partial charge in [0.1, 0.15) is 0 Å². The van der Waals surface area contributed by atoms with Gasteiger partial charge >= 0.3 is 0 Å². The number of aromatic nitrogens is 1. The lowest BCUT2D eigenvalue weighted by molar-refractivity contribution is 0.835. The molecule has 1 N–H and O–H groups in total. The molecule has 0 saturated carbocycles. The quantitative estimate of drug-likeness (QED) is 0.743. The number of hydrogen-bond acceptors (Lipinski definition) is 1. The topological polar surface area (TPSA) is 28.1 Å². The molecule has 1 aromatic heterocycles. The van der Waals surface area contributed by atoms with Crippen LogP contribution in [0.1, 0.15) is 56.4 Å². The molecule has 0 amide bonds. The second-order valence-electron chi connectivity index (χ2n) is 5.48.